The molecule has 0 saturated heterocycles. The number of carbonyl (C=O) groups excluding carboxylic acids is 1. The Bertz CT molecular complexity index is 340. The van der Waals surface area contributed by atoms with E-state index in [9.17, 15) is 4.79 Å². The van der Waals surface area contributed by atoms with E-state index in [4.69, 9.17) is 4.74 Å². The molecule has 0 aromatic heterocycles. The van der Waals surface area contributed by atoms with Crippen molar-refractivity contribution in [2.75, 3.05) is 6.61 Å². The lowest BCUT2D eigenvalue weighted by Crippen LogP contribution is -2.15. The second-order valence-electron chi connectivity index (χ2n) is 9.57. The minimum absolute atomic E-state index is 0.0221. The summed E-state index contributed by atoms with van der Waals surface area (Å²) in [6, 6.07) is 0. The molecule has 0 heterocycles. The normalized spacial score (nSPS) is 12.2. The van der Waals surface area contributed by atoms with Crippen molar-refractivity contribution in [3.05, 3.63) is 0 Å². The molecule has 1 atom stereocenters. The van der Waals surface area contributed by atoms with Gasteiger partial charge in [-0.05, 0) is 12.8 Å². The summed E-state index contributed by atoms with van der Waals surface area (Å²) in [6.07, 6.45) is 29.2. The Balaban J connectivity index is 3.24. The van der Waals surface area contributed by atoms with Gasteiger partial charge in [-0.15, -0.1) is 0 Å². The van der Waals surface area contributed by atoms with Gasteiger partial charge in [0.05, 0.1) is 12.5 Å². The van der Waals surface area contributed by atoms with Crippen molar-refractivity contribution < 1.29 is 9.53 Å². The van der Waals surface area contributed by atoms with Gasteiger partial charge in [-0.3, -0.25) is 4.79 Å². The SMILES string of the molecule is CCCCCCCCCCCCCCCCCOC(=O)C(C)CCCCCCCC. The number of ether oxygens (including phenoxy) is 1. The standard InChI is InChI=1S/C28H56O2/c1-4-6-8-10-12-13-14-15-16-17-18-19-20-22-24-26-30-28(29)27(3)25-23-21-11-9-7-5-2/h27H,4-26H2,1-3H3. The second kappa shape index (κ2) is 24.7. The van der Waals surface area contributed by atoms with Crippen molar-refractivity contribution >= 4 is 5.97 Å². The van der Waals surface area contributed by atoms with Gasteiger partial charge in [0, 0.05) is 0 Å². The van der Waals surface area contributed by atoms with E-state index in [0.717, 1.165) is 12.8 Å². The van der Waals surface area contributed by atoms with Crippen LogP contribution in [0.3, 0.4) is 0 Å². The van der Waals surface area contributed by atoms with Gasteiger partial charge in [-0.1, -0.05) is 149 Å². The van der Waals surface area contributed by atoms with E-state index in [1.807, 2.05) is 6.92 Å². The Morgan fingerprint density at radius 2 is 0.867 bits per heavy atom. The van der Waals surface area contributed by atoms with Crippen LogP contribution in [-0.4, -0.2) is 12.6 Å². The highest BCUT2D eigenvalue weighted by Gasteiger charge is 2.13. The van der Waals surface area contributed by atoms with Crippen LogP contribution in [-0.2, 0) is 9.53 Å². The number of unbranched alkanes of at least 4 members (excludes halogenated alkanes) is 19. The summed E-state index contributed by atoms with van der Waals surface area (Å²) in [6.45, 7) is 7.18. The van der Waals surface area contributed by atoms with Crippen LogP contribution in [0.5, 0.6) is 0 Å². The molecule has 0 spiro atoms. The van der Waals surface area contributed by atoms with E-state index in [1.54, 1.807) is 0 Å². The van der Waals surface area contributed by atoms with Crippen LogP contribution in [0.4, 0.5) is 0 Å². The number of hydrogen-bond donors (Lipinski definition) is 0. The zero-order valence-corrected chi connectivity index (χ0v) is 21.2. The van der Waals surface area contributed by atoms with Gasteiger partial charge < -0.3 is 4.74 Å². The van der Waals surface area contributed by atoms with E-state index in [0.29, 0.717) is 6.61 Å². The molecule has 0 fully saturated rings. The zero-order chi connectivity index (χ0) is 22.1. The summed E-state index contributed by atoms with van der Waals surface area (Å²) >= 11 is 0. The van der Waals surface area contributed by atoms with Crippen molar-refractivity contribution in [1.29, 1.82) is 0 Å². The monoisotopic (exact) mass is 424 g/mol. The molecule has 180 valence electrons. The first kappa shape index (κ1) is 29.5. The van der Waals surface area contributed by atoms with Crippen LogP contribution in [0.25, 0.3) is 0 Å². The average Bonchev–Trinajstić information content (AvgIpc) is 2.75. The highest BCUT2D eigenvalue weighted by atomic mass is 16.5. The molecule has 0 saturated carbocycles. The fourth-order valence-corrected chi connectivity index (χ4v) is 4.14. The first-order chi connectivity index (χ1) is 14.7. The smallest absolute Gasteiger partial charge is 0.308 e. The van der Waals surface area contributed by atoms with E-state index in [2.05, 4.69) is 13.8 Å². The summed E-state index contributed by atoms with van der Waals surface area (Å²) in [5.41, 5.74) is 0. The van der Waals surface area contributed by atoms with Gasteiger partial charge in [-0.2, -0.15) is 0 Å². The van der Waals surface area contributed by atoms with Crippen LogP contribution in [0.1, 0.15) is 162 Å². The third-order valence-corrected chi connectivity index (χ3v) is 6.39. The maximum Gasteiger partial charge on any atom is 0.308 e. The third-order valence-electron chi connectivity index (χ3n) is 6.39. The van der Waals surface area contributed by atoms with Gasteiger partial charge in [0.2, 0.25) is 0 Å². The minimum atomic E-state index is 0.0221. The molecule has 30 heavy (non-hydrogen) atoms. The highest BCUT2D eigenvalue weighted by Crippen LogP contribution is 2.15. The quantitative estimate of drug-likeness (QED) is 0.114. The topological polar surface area (TPSA) is 26.3 Å². The summed E-state index contributed by atoms with van der Waals surface area (Å²) < 4.78 is 5.47. The number of hydrogen-bond acceptors (Lipinski definition) is 2. The predicted octanol–water partition coefficient (Wildman–Crippen LogP) is 9.79. The highest BCUT2D eigenvalue weighted by molar-refractivity contribution is 5.71. The minimum Gasteiger partial charge on any atom is -0.465 e. The van der Waals surface area contributed by atoms with Crippen molar-refractivity contribution in [1.82, 2.24) is 0 Å². The fraction of sp³-hybridized carbons (Fsp3) is 0.964. The maximum atomic E-state index is 12.0. The summed E-state index contributed by atoms with van der Waals surface area (Å²) in [4.78, 5) is 12.0. The third kappa shape index (κ3) is 22.2. The lowest BCUT2D eigenvalue weighted by Gasteiger charge is -2.11. The Morgan fingerprint density at radius 1 is 0.533 bits per heavy atom. The largest absolute Gasteiger partial charge is 0.465 e. The molecule has 0 amide bonds. The van der Waals surface area contributed by atoms with Crippen LogP contribution >= 0.6 is 0 Å². The molecule has 2 nitrogen and oxygen atoms in total. The van der Waals surface area contributed by atoms with E-state index in [1.165, 1.54) is 128 Å². The molecule has 0 rings (SSSR count). The molecule has 0 radical (unpaired) electrons. The Hall–Kier alpha value is -0.530. The lowest BCUT2D eigenvalue weighted by atomic mass is 10.0. The zero-order valence-electron chi connectivity index (χ0n) is 21.2. The number of esters is 1. The summed E-state index contributed by atoms with van der Waals surface area (Å²) in [5.74, 6) is 0.0986. The molecular weight excluding hydrogens is 368 g/mol. The van der Waals surface area contributed by atoms with Gasteiger partial charge in [0.25, 0.3) is 0 Å². The van der Waals surface area contributed by atoms with Gasteiger partial charge in [0.15, 0.2) is 0 Å². The first-order valence-corrected chi connectivity index (χ1v) is 13.9. The average molecular weight is 425 g/mol. The second-order valence-corrected chi connectivity index (χ2v) is 9.57. The van der Waals surface area contributed by atoms with Crippen molar-refractivity contribution in [2.45, 2.75) is 162 Å². The fourth-order valence-electron chi connectivity index (χ4n) is 4.14. The van der Waals surface area contributed by atoms with Crippen molar-refractivity contribution in [2.24, 2.45) is 5.92 Å². The predicted molar refractivity (Wildman–Crippen MR) is 133 cm³/mol. The number of carbonyl (C=O) groups is 1. The molecule has 0 N–H and O–H groups in total. The van der Waals surface area contributed by atoms with Gasteiger partial charge >= 0.3 is 5.97 Å². The molecule has 0 aliphatic carbocycles. The molecule has 0 aromatic rings. The van der Waals surface area contributed by atoms with E-state index >= 15 is 0 Å². The van der Waals surface area contributed by atoms with Crippen molar-refractivity contribution in [3.8, 4) is 0 Å². The molecule has 0 bridgehead atoms. The molecule has 0 aliphatic rings. The van der Waals surface area contributed by atoms with Crippen LogP contribution in [0.2, 0.25) is 0 Å². The Kier molecular flexibility index (Phi) is 24.3. The van der Waals surface area contributed by atoms with Crippen LogP contribution in [0, 0.1) is 5.92 Å². The Labute approximate surface area is 190 Å². The maximum absolute atomic E-state index is 12.0. The van der Waals surface area contributed by atoms with Crippen LogP contribution < -0.4 is 0 Å². The van der Waals surface area contributed by atoms with Crippen molar-refractivity contribution in [3.63, 3.8) is 0 Å². The van der Waals surface area contributed by atoms with Crippen LogP contribution in [0.15, 0.2) is 0 Å². The van der Waals surface area contributed by atoms with E-state index < -0.39 is 0 Å². The molecule has 2 heteroatoms. The van der Waals surface area contributed by atoms with Gasteiger partial charge in [-0.25, -0.2) is 0 Å². The lowest BCUT2D eigenvalue weighted by molar-refractivity contribution is -0.148. The number of rotatable bonds is 24. The summed E-state index contributed by atoms with van der Waals surface area (Å²) in [5, 5.41) is 0. The molecule has 0 aliphatic heterocycles. The first-order valence-electron chi connectivity index (χ1n) is 13.9. The molecular formula is C28H56O2. The molecule has 1 unspecified atom stereocenters. The summed E-state index contributed by atoms with van der Waals surface area (Å²) in [7, 11) is 0. The van der Waals surface area contributed by atoms with E-state index in [-0.39, 0.29) is 11.9 Å². The Morgan fingerprint density at radius 3 is 1.27 bits per heavy atom. The molecule has 0 aromatic carbocycles. The van der Waals surface area contributed by atoms with Gasteiger partial charge in [0.1, 0.15) is 0 Å².